The van der Waals surface area contributed by atoms with Gasteiger partial charge in [0.05, 0.1) is 5.56 Å². The Kier molecular flexibility index (Phi) is 3.23. The van der Waals surface area contributed by atoms with E-state index in [1.54, 1.807) is 12.1 Å². The lowest BCUT2D eigenvalue weighted by molar-refractivity contribution is -0.130. The van der Waals surface area contributed by atoms with Crippen LogP contribution in [0.25, 0.3) is 0 Å². The van der Waals surface area contributed by atoms with Crippen molar-refractivity contribution in [3.05, 3.63) is 42.0 Å². The van der Waals surface area contributed by atoms with Crippen molar-refractivity contribution >= 4 is 18.0 Å². The number of carbonyl (C=O) groups is 3. The molecule has 0 heterocycles. The molecule has 0 N–H and O–H groups in total. The lowest BCUT2D eigenvalue weighted by Gasteiger charge is -2.07. The van der Waals surface area contributed by atoms with Crippen LogP contribution in [0.4, 0.5) is 0 Å². The van der Waals surface area contributed by atoms with Crippen molar-refractivity contribution < 1.29 is 23.9 Å². The van der Waals surface area contributed by atoms with Crippen LogP contribution in [-0.2, 0) is 9.53 Å². The topological polar surface area (TPSA) is 69.7 Å². The SMILES string of the molecule is C=CCOc1cccc2c1C(=O)C(OC=O)C2=O. The summed E-state index contributed by atoms with van der Waals surface area (Å²) in [6, 6.07) is 4.69. The van der Waals surface area contributed by atoms with E-state index in [-0.39, 0.29) is 24.2 Å². The van der Waals surface area contributed by atoms with Gasteiger partial charge in [0.2, 0.25) is 17.7 Å². The Morgan fingerprint density at radius 1 is 1.28 bits per heavy atom. The van der Waals surface area contributed by atoms with Crippen LogP contribution in [-0.4, -0.2) is 30.7 Å². The summed E-state index contributed by atoms with van der Waals surface area (Å²) in [5, 5.41) is 0. The minimum Gasteiger partial charge on any atom is -0.489 e. The maximum atomic E-state index is 12.0. The summed E-state index contributed by atoms with van der Waals surface area (Å²) in [7, 11) is 0. The van der Waals surface area contributed by atoms with Crippen LogP contribution in [0.15, 0.2) is 30.9 Å². The van der Waals surface area contributed by atoms with Crippen molar-refractivity contribution in [3.8, 4) is 5.75 Å². The molecule has 0 bridgehead atoms. The van der Waals surface area contributed by atoms with E-state index in [1.165, 1.54) is 12.1 Å². The van der Waals surface area contributed by atoms with E-state index in [1.807, 2.05) is 0 Å². The molecule has 1 aromatic rings. The zero-order valence-corrected chi connectivity index (χ0v) is 9.42. The third-order valence-electron chi connectivity index (χ3n) is 2.56. The van der Waals surface area contributed by atoms with Gasteiger partial charge in [0.25, 0.3) is 6.47 Å². The number of hydrogen-bond acceptors (Lipinski definition) is 5. The second-order valence-electron chi connectivity index (χ2n) is 3.62. The highest BCUT2D eigenvalue weighted by Crippen LogP contribution is 2.31. The van der Waals surface area contributed by atoms with Crippen LogP contribution in [0, 0.1) is 0 Å². The molecule has 5 heteroatoms. The molecule has 1 atom stereocenters. The molecule has 0 aliphatic heterocycles. The van der Waals surface area contributed by atoms with Gasteiger partial charge in [0.15, 0.2) is 0 Å². The average molecular weight is 246 g/mol. The van der Waals surface area contributed by atoms with Gasteiger partial charge in [-0.05, 0) is 6.07 Å². The summed E-state index contributed by atoms with van der Waals surface area (Å²) in [6.45, 7) is 3.81. The normalized spacial score (nSPS) is 17.2. The van der Waals surface area contributed by atoms with Crippen LogP contribution in [0.1, 0.15) is 20.7 Å². The monoisotopic (exact) mass is 246 g/mol. The summed E-state index contributed by atoms with van der Waals surface area (Å²) in [5.74, 6) is -0.782. The highest BCUT2D eigenvalue weighted by atomic mass is 16.5. The molecule has 92 valence electrons. The van der Waals surface area contributed by atoms with Gasteiger partial charge < -0.3 is 9.47 Å². The fraction of sp³-hybridized carbons (Fsp3) is 0.154. The van der Waals surface area contributed by atoms with Crippen LogP contribution in [0.5, 0.6) is 5.75 Å². The molecule has 1 aromatic carbocycles. The molecule has 1 aliphatic carbocycles. The molecule has 0 aromatic heterocycles. The summed E-state index contributed by atoms with van der Waals surface area (Å²) >= 11 is 0. The van der Waals surface area contributed by atoms with Crippen molar-refractivity contribution in [2.45, 2.75) is 6.10 Å². The number of fused-ring (bicyclic) bond motifs is 1. The number of hydrogen-bond donors (Lipinski definition) is 0. The fourth-order valence-electron chi connectivity index (χ4n) is 1.83. The number of benzene rings is 1. The molecule has 0 saturated carbocycles. The first-order valence-corrected chi connectivity index (χ1v) is 5.25. The van der Waals surface area contributed by atoms with Crippen LogP contribution in [0.3, 0.4) is 0 Å². The van der Waals surface area contributed by atoms with Crippen LogP contribution < -0.4 is 4.74 Å². The van der Waals surface area contributed by atoms with Crippen LogP contribution >= 0.6 is 0 Å². The molecule has 1 aliphatic rings. The Labute approximate surface area is 103 Å². The highest BCUT2D eigenvalue weighted by Gasteiger charge is 2.42. The van der Waals surface area contributed by atoms with Gasteiger partial charge in [-0.2, -0.15) is 0 Å². The first-order chi connectivity index (χ1) is 8.70. The van der Waals surface area contributed by atoms with E-state index >= 15 is 0 Å². The Hall–Kier alpha value is -2.43. The molecule has 1 unspecified atom stereocenters. The molecule has 0 amide bonds. The van der Waals surface area contributed by atoms with Gasteiger partial charge in [0.1, 0.15) is 12.4 Å². The maximum absolute atomic E-state index is 12.0. The zero-order chi connectivity index (χ0) is 13.1. The Balaban J connectivity index is 2.43. The predicted molar refractivity (Wildman–Crippen MR) is 61.7 cm³/mol. The first kappa shape index (κ1) is 12.0. The van der Waals surface area contributed by atoms with E-state index in [4.69, 9.17) is 4.74 Å². The molecule has 0 saturated heterocycles. The zero-order valence-electron chi connectivity index (χ0n) is 9.42. The van der Waals surface area contributed by atoms with E-state index in [9.17, 15) is 14.4 Å². The quantitative estimate of drug-likeness (QED) is 0.443. The fourth-order valence-corrected chi connectivity index (χ4v) is 1.83. The standard InChI is InChI=1S/C13H10O5/c1-2-6-17-9-5-3-4-8-10(9)12(16)13(11(8)15)18-7-14/h2-5,7,13H,1,6H2. The smallest absolute Gasteiger partial charge is 0.294 e. The lowest BCUT2D eigenvalue weighted by atomic mass is 10.1. The molecule has 2 rings (SSSR count). The summed E-state index contributed by atoms with van der Waals surface area (Å²) in [6.07, 6.45) is 0.144. The largest absolute Gasteiger partial charge is 0.489 e. The van der Waals surface area contributed by atoms with E-state index in [2.05, 4.69) is 11.3 Å². The Morgan fingerprint density at radius 2 is 2.06 bits per heavy atom. The second-order valence-corrected chi connectivity index (χ2v) is 3.62. The highest BCUT2D eigenvalue weighted by molar-refractivity contribution is 6.30. The molecule has 5 nitrogen and oxygen atoms in total. The summed E-state index contributed by atoms with van der Waals surface area (Å²) in [5.41, 5.74) is 0.379. The molecule has 18 heavy (non-hydrogen) atoms. The number of rotatable bonds is 5. The molecular formula is C13H10O5. The molecule has 0 fully saturated rings. The Morgan fingerprint density at radius 3 is 2.72 bits per heavy atom. The third-order valence-corrected chi connectivity index (χ3v) is 2.56. The van der Waals surface area contributed by atoms with Crippen molar-refractivity contribution in [1.29, 1.82) is 0 Å². The molecule has 0 radical (unpaired) electrons. The molecule has 0 spiro atoms. The number of Topliss-reactive ketones (excluding diaryl/α,β-unsaturated/α-hetero) is 2. The Bertz CT molecular complexity index is 532. The number of ether oxygens (including phenoxy) is 2. The maximum Gasteiger partial charge on any atom is 0.294 e. The van der Waals surface area contributed by atoms with E-state index < -0.39 is 17.7 Å². The number of ketones is 2. The molecular weight excluding hydrogens is 236 g/mol. The van der Waals surface area contributed by atoms with Crippen molar-refractivity contribution in [1.82, 2.24) is 0 Å². The lowest BCUT2D eigenvalue weighted by Crippen LogP contribution is -2.25. The van der Waals surface area contributed by atoms with Gasteiger partial charge in [0, 0.05) is 5.56 Å². The van der Waals surface area contributed by atoms with E-state index in [0.29, 0.717) is 5.75 Å². The van der Waals surface area contributed by atoms with Gasteiger partial charge in [-0.15, -0.1) is 0 Å². The van der Waals surface area contributed by atoms with Gasteiger partial charge in [-0.1, -0.05) is 24.8 Å². The minimum absolute atomic E-state index is 0.0939. The second kappa shape index (κ2) is 4.83. The van der Waals surface area contributed by atoms with Crippen molar-refractivity contribution in [3.63, 3.8) is 0 Å². The summed E-state index contributed by atoms with van der Waals surface area (Å²) < 4.78 is 9.82. The first-order valence-electron chi connectivity index (χ1n) is 5.25. The number of carbonyl (C=O) groups excluding carboxylic acids is 3. The van der Waals surface area contributed by atoms with Crippen molar-refractivity contribution in [2.24, 2.45) is 0 Å². The van der Waals surface area contributed by atoms with Gasteiger partial charge in [-0.25, -0.2) is 0 Å². The predicted octanol–water partition coefficient (Wildman–Crippen LogP) is 1.17. The van der Waals surface area contributed by atoms with E-state index in [0.717, 1.165) is 0 Å². The van der Waals surface area contributed by atoms with Crippen molar-refractivity contribution in [2.75, 3.05) is 6.61 Å². The minimum atomic E-state index is -1.38. The van der Waals surface area contributed by atoms with Gasteiger partial charge >= 0.3 is 0 Å². The third kappa shape index (κ3) is 1.79. The summed E-state index contributed by atoms with van der Waals surface area (Å²) in [4.78, 5) is 34.1. The average Bonchev–Trinajstić information content (AvgIpc) is 2.63. The van der Waals surface area contributed by atoms with Gasteiger partial charge in [-0.3, -0.25) is 14.4 Å². The van der Waals surface area contributed by atoms with Crippen LogP contribution in [0.2, 0.25) is 0 Å².